The van der Waals surface area contributed by atoms with Crippen LogP contribution in [0.2, 0.25) is 18.9 Å². The van der Waals surface area contributed by atoms with E-state index in [9.17, 15) is 0 Å². The molecule has 0 spiro atoms. The third-order valence-corrected chi connectivity index (χ3v) is 24.5. The van der Waals surface area contributed by atoms with Crippen LogP contribution in [0.5, 0.6) is 0 Å². The second-order valence-electron chi connectivity index (χ2n) is 9.26. The van der Waals surface area contributed by atoms with Gasteiger partial charge in [-0.15, -0.1) is 0 Å². The molecule has 2 rings (SSSR count). The van der Waals surface area contributed by atoms with Gasteiger partial charge in [0.1, 0.15) is 0 Å². The Morgan fingerprint density at radius 3 is 1.23 bits per heavy atom. The predicted octanol–water partition coefficient (Wildman–Crippen LogP) is 8.67. The van der Waals surface area contributed by atoms with E-state index in [1.165, 1.54) is 70.3 Å². The van der Waals surface area contributed by atoms with Crippen LogP contribution >= 0.6 is 0 Å². The first kappa shape index (κ1) is 27.1. The molecule has 0 aliphatic carbocycles. The van der Waals surface area contributed by atoms with Gasteiger partial charge in [0.15, 0.2) is 0 Å². The van der Waals surface area contributed by atoms with E-state index in [0.717, 1.165) is 0 Å². The van der Waals surface area contributed by atoms with Gasteiger partial charge in [0.25, 0.3) is 0 Å². The number of hydrogen-bond donors (Lipinski definition) is 0. The van der Waals surface area contributed by atoms with Gasteiger partial charge in [-0.05, 0) is 0 Å². The van der Waals surface area contributed by atoms with E-state index in [0.29, 0.717) is 0 Å². The number of unbranched alkanes of at least 4 members (excludes halogenated alkanes) is 4. The van der Waals surface area contributed by atoms with Gasteiger partial charge in [0.05, 0.1) is 0 Å². The minimum atomic E-state index is -2.96. The van der Waals surface area contributed by atoms with E-state index in [1.54, 1.807) is 7.74 Å². The molecule has 0 aliphatic heterocycles. The Kier molecular flexibility index (Phi) is 13.0. The van der Waals surface area contributed by atoms with E-state index < -0.39 is 34.0 Å². The topological polar surface area (TPSA) is 9.23 Å². The predicted molar refractivity (Wildman–Crippen MR) is 132 cm³/mol. The van der Waals surface area contributed by atoms with Crippen molar-refractivity contribution in [2.45, 2.75) is 98.0 Å². The Balaban J connectivity index is 2.62. The Hall–Kier alpha value is -0.171. The zero-order valence-electron chi connectivity index (χ0n) is 20.7. The molecule has 0 N–H and O–H groups in total. The molecule has 2 aromatic carbocycles. The minimum absolute atomic E-state index is 1.24. The average Bonchev–Trinajstić information content (AvgIpc) is 2.83. The molecule has 3 heteroatoms. The van der Waals surface area contributed by atoms with Gasteiger partial charge in [-0.1, -0.05) is 0 Å². The third kappa shape index (κ3) is 7.97. The maximum atomic E-state index is 7.98. The van der Waals surface area contributed by atoms with E-state index >= 15 is 0 Å². The number of benzene rings is 2. The van der Waals surface area contributed by atoms with E-state index in [4.69, 9.17) is 1.90 Å². The van der Waals surface area contributed by atoms with Gasteiger partial charge in [-0.25, -0.2) is 0 Å². The molecule has 0 amide bonds. The molecule has 172 valence electrons. The van der Waals surface area contributed by atoms with Gasteiger partial charge in [-0.2, -0.15) is 0 Å². The van der Waals surface area contributed by atoms with Gasteiger partial charge < -0.3 is 0 Å². The van der Waals surface area contributed by atoms with Crippen LogP contribution in [0.25, 0.3) is 0 Å². The van der Waals surface area contributed by atoms with Crippen LogP contribution in [0.15, 0.2) is 60.7 Å². The fourth-order valence-electron chi connectivity index (χ4n) is 4.86. The molecular formula is C28H46OTi2. The third-order valence-electron chi connectivity index (χ3n) is 6.71. The van der Waals surface area contributed by atoms with E-state index in [2.05, 4.69) is 88.4 Å². The van der Waals surface area contributed by atoms with Gasteiger partial charge >= 0.3 is 202 Å². The first-order chi connectivity index (χ1) is 15.2. The molecule has 0 radical (unpaired) electrons. The summed E-state index contributed by atoms with van der Waals surface area (Å²) in [5, 5.41) is 0. The summed E-state index contributed by atoms with van der Waals surface area (Å²) in [5.74, 6) is 0. The second-order valence-corrected chi connectivity index (χ2v) is 22.1. The van der Waals surface area contributed by atoms with Crippen LogP contribution < -0.4 is 7.74 Å². The van der Waals surface area contributed by atoms with Crippen LogP contribution in [0.4, 0.5) is 0 Å². The summed E-state index contributed by atoms with van der Waals surface area (Å²) in [6.45, 7) is 9.40. The summed E-state index contributed by atoms with van der Waals surface area (Å²) >= 11 is -5.44. The zero-order valence-corrected chi connectivity index (χ0v) is 23.8. The van der Waals surface area contributed by atoms with Gasteiger partial charge in [-0.3, -0.25) is 0 Å². The van der Waals surface area contributed by atoms with Crippen molar-refractivity contribution in [3.05, 3.63) is 60.7 Å². The molecule has 31 heavy (non-hydrogen) atoms. The van der Waals surface area contributed by atoms with Gasteiger partial charge in [0.2, 0.25) is 0 Å². The van der Waals surface area contributed by atoms with Crippen LogP contribution in [-0.4, -0.2) is 0 Å². The molecule has 0 heterocycles. The van der Waals surface area contributed by atoms with Crippen molar-refractivity contribution >= 4 is 7.74 Å². The molecule has 0 unspecified atom stereocenters. The van der Waals surface area contributed by atoms with Gasteiger partial charge in [0, 0.05) is 0 Å². The van der Waals surface area contributed by atoms with Crippen LogP contribution in [0.3, 0.4) is 0 Å². The maximum absolute atomic E-state index is 7.98. The van der Waals surface area contributed by atoms with Crippen molar-refractivity contribution < 1.29 is 35.9 Å². The first-order valence-corrected chi connectivity index (χ1v) is 20.2. The summed E-state index contributed by atoms with van der Waals surface area (Å²) < 4.78 is 16.5. The first-order valence-electron chi connectivity index (χ1n) is 13.0. The second kappa shape index (κ2) is 14.9. The van der Waals surface area contributed by atoms with Crippen molar-refractivity contribution in [3.63, 3.8) is 0 Å². The Labute approximate surface area is 201 Å². The fraction of sp³-hybridized carbons (Fsp3) is 0.571. The summed E-state index contributed by atoms with van der Waals surface area (Å²) in [6.07, 6.45) is 10.4. The van der Waals surface area contributed by atoms with E-state index in [-0.39, 0.29) is 0 Å². The molecule has 2 aromatic rings. The molecular weight excluding hydrogens is 448 g/mol. The zero-order chi connectivity index (χ0) is 22.4. The monoisotopic (exact) mass is 494 g/mol. The SMILES string of the molecule is CCC[CH2][Ti]([CH2]CCC)([CH2]CCC)[O][Ti]([CH2]CCC)([c]1ccccc1)[c]1ccccc1. The molecule has 0 aromatic heterocycles. The molecule has 0 fully saturated rings. The summed E-state index contributed by atoms with van der Waals surface area (Å²) in [5.41, 5.74) is 0. The number of hydrogen-bond acceptors (Lipinski definition) is 1. The Morgan fingerprint density at radius 1 is 0.516 bits per heavy atom. The molecule has 0 saturated heterocycles. The van der Waals surface area contributed by atoms with Crippen molar-refractivity contribution in [2.24, 2.45) is 0 Å². The quantitative estimate of drug-likeness (QED) is 0.212. The van der Waals surface area contributed by atoms with Crippen LogP contribution in [0, 0.1) is 0 Å². The van der Waals surface area contributed by atoms with Crippen LogP contribution in [0.1, 0.15) is 79.1 Å². The normalized spacial score (nSPS) is 12.3. The van der Waals surface area contributed by atoms with Crippen LogP contribution in [-0.2, 0) is 35.9 Å². The fourth-order valence-corrected chi connectivity index (χ4v) is 26.8. The van der Waals surface area contributed by atoms with Crippen molar-refractivity contribution in [3.8, 4) is 0 Å². The van der Waals surface area contributed by atoms with Crippen molar-refractivity contribution in [1.29, 1.82) is 0 Å². The van der Waals surface area contributed by atoms with E-state index in [1.807, 2.05) is 0 Å². The molecule has 0 atom stereocenters. The molecule has 1 nitrogen and oxygen atoms in total. The summed E-state index contributed by atoms with van der Waals surface area (Å²) in [6, 6.07) is 22.9. The van der Waals surface area contributed by atoms with Crippen molar-refractivity contribution in [2.75, 3.05) is 0 Å². The Bertz CT molecular complexity index is 640. The van der Waals surface area contributed by atoms with Crippen molar-refractivity contribution in [1.82, 2.24) is 0 Å². The number of rotatable bonds is 16. The summed E-state index contributed by atoms with van der Waals surface area (Å²) in [4.78, 5) is 0. The summed E-state index contributed by atoms with van der Waals surface area (Å²) in [7, 11) is 0. The Morgan fingerprint density at radius 2 is 0.871 bits per heavy atom. The molecule has 0 saturated carbocycles. The molecule has 0 aliphatic rings. The standard InChI is InChI=1S/2C6H5.4C4H9.O.2Ti/c2*1-2-4-6-5-3-1;4*1-3-4-2;;;/h2*1-5H;4*1,3-4H2,2H3;;;. The average molecular weight is 494 g/mol. The molecule has 0 bridgehead atoms.